The van der Waals surface area contributed by atoms with Crippen LogP contribution in [0.15, 0.2) is 78.9 Å². The quantitative estimate of drug-likeness (QED) is 0.258. The molecule has 0 saturated heterocycles. The Hall–Kier alpha value is -2.93. The molecule has 150 valence electrons. The fourth-order valence-corrected chi connectivity index (χ4v) is 6.14. The molecule has 2 aromatic heterocycles. The monoisotopic (exact) mass is 454 g/mol. The lowest BCUT2D eigenvalue weighted by Gasteiger charge is -2.17. The highest BCUT2D eigenvalue weighted by Gasteiger charge is 2.32. The summed E-state index contributed by atoms with van der Waals surface area (Å²) in [6.07, 6.45) is -0.275. The smallest absolute Gasteiger partial charge is 0.471 e. The van der Waals surface area contributed by atoms with Gasteiger partial charge in [-0.15, -0.1) is 0 Å². The Morgan fingerprint density at radius 3 is 1.73 bits per heavy atom. The number of hydrogen-bond acceptors (Lipinski definition) is 8. The Bertz CT molecular complexity index is 1210. The number of hydrogen-bond donors (Lipinski definition) is 0. The van der Waals surface area contributed by atoms with E-state index < -0.39 is 7.60 Å². The third-order valence-corrected chi connectivity index (χ3v) is 7.54. The molecule has 0 fully saturated rings. The van der Waals surface area contributed by atoms with Gasteiger partial charge >= 0.3 is 7.60 Å². The van der Waals surface area contributed by atoms with Crippen LogP contribution in [0.2, 0.25) is 0 Å². The Morgan fingerprint density at radius 1 is 0.700 bits per heavy atom. The van der Waals surface area contributed by atoms with Crippen LogP contribution in [0.5, 0.6) is 16.1 Å². The van der Waals surface area contributed by atoms with Crippen LogP contribution in [0.1, 0.15) is 0 Å². The van der Waals surface area contributed by atoms with E-state index in [1.54, 1.807) is 12.1 Å². The number of fused-ring (bicyclic) bond motifs is 2. The highest BCUT2D eigenvalue weighted by molar-refractivity contribution is 7.55. The third-order valence-electron chi connectivity index (χ3n) is 4.12. The largest absolute Gasteiger partial charge is 0.479 e. The van der Waals surface area contributed by atoms with Gasteiger partial charge in [-0.2, -0.15) is 0 Å². The first-order chi connectivity index (χ1) is 14.7. The molecule has 6 nitrogen and oxygen atoms in total. The van der Waals surface area contributed by atoms with Crippen molar-refractivity contribution in [2.75, 3.05) is 6.35 Å². The number of nitrogens with zero attached hydrogens (tertiary/aromatic N) is 2. The molecule has 0 aliphatic rings. The minimum atomic E-state index is -3.77. The predicted octanol–water partition coefficient (Wildman–Crippen LogP) is 6.59. The topological polar surface area (TPSA) is 70.5 Å². The zero-order valence-electron chi connectivity index (χ0n) is 15.5. The molecule has 0 spiro atoms. The Balaban J connectivity index is 1.44. The SMILES string of the molecule is O=P(COc1ccccc1)(Oc1nc2ccccc2s1)Oc1nc2ccccc2s1. The van der Waals surface area contributed by atoms with Crippen molar-refractivity contribution >= 4 is 50.7 Å². The summed E-state index contributed by atoms with van der Waals surface area (Å²) in [5, 5.41) is 0.523. The lowest BCUT2D eigenvalue weighted by Crippen LogP contribution is -2.09. The molecule has 0 aliphatic heterocycles. The number of aromatic nitrogens is 2. The van der Waals surface area contributed by atoms with Crippen molar-refractivity contribution in [2.45, 2.75) is 0 Å². The van der Waals surface area contributed by atoms with Crippen molar-refractivity contribution in [3.05, 3.63) is 78.9 Å². The van der Waals surface area contributed by atoms with Crippen LogP contribution >= 0.6 is 30.3 Å². The van der Waals surface area contributed by atoms with E-state index in [4.69, 9.17) is 13.8 Å². The summed E-state index contributed by atoms with van der Waals surface area (Å²) in [5.74, 6) is 0.568. The average Bonchev–Trinajstić information content (AvgIpc) is 3.35. The molecule has 30 heavy (non-hydrogen) atoms. The zero-order chi connectivity index (χ0) is 20.4. The van der Waals surface area contributed by atoms with Crippen molar-refractivity contribution in [1.82, 2.24) is 9.97 Å². The van der Waals surface area contributed by atoms with Crippen molar-refractivity contribution in [3.63, 3.8) is 0 Å². The lowest BCUT2D eigenvalue weighted by molar-refractivity contribution is 0.310. The maximum atomic E-state index is 13.6. The van der Waals surface area contributed by atoms with Gasteiger partial charge in [0.1, 0.15) is 5.75 Å². The normalized spacial score (nSPS) is 11.6. The van der Waals surface area contributed by atoms with Gasteiger partial charge in [0.25, 0.3) is 10.4 Å². The highest BCUT2D eigenvalue weighted by atomic mass is 32.1. The van der Waals surface area contributed by atoms with Gasteiger partial charge in [-0.1, -0.05) is 65.1 Å². The molecule has 0 atom stereocenters. The van der Waals surface area contributed by atoms with Gasteiger partial charge in [0, 0.05) is 0 Å². The predicted molar refractivity (Wildman–Crippen MR) is 120 cm³/mol. The van der Waals surface area contributed by atoms with Crippen LogP contribution in [0, 0.1) is 0 Å². The van der Waals surface area contributed by atoms with Crippen molar-refractivity contribution in [3.8, 4) is 16.1 Å². The fraction of sp³-hybridized carbons (Fsp3) is 0.0476. The van der Waals surface area contributed by atoms with Gasteiger partial charge in [-0.3, -0.25) is 0 Å². The molecule has 3 aromatic carbocycles. The van der Waals surface area contributed by atoms with Gasteiger partial charge < -0.3 is 13.8 Å². The third kappa shape index (κ3) is 4.16. The maximum absolute atomic E-state index is 13.6. The molecule has 2 heterocycles. The Labute approximate surface area is 180 Å². The first-order valence-corrected chi connectivity index (χ1v) is 12.4. The maximum Gasteiger partial charge on any atom is 0.471 e. The Kier molecular flexibility index (Phi) is 5.12. The van der Waals surface area contributed by atoms with E-state index in [9.17, 15) is 4.57 Å². The summed E-state index contributed by atoms with van der Waals surface area (Å²) in [5.41, 5.74) is 1.54. The standard InChI is InChI=1S/C21H15N2O4PS2/c24-28(14-25-15-8-2-1-3-9-15,26-20-22-16-10-4-6-12-18(16)29-20)27-21-23-17-11-5-7-13-19(17)30-21/h1-13H,14H2. The number of para-hydroxylation sites is 3. The molecule has 5 aromatic rings. The van der Waals surface area contributed by atoms with Crippen LogP contribution < -0.4 is 13.8 Å². The summed E-state index contributed by atoms with van der Waals surface area (Å²) >= 11 is 2.61. The number of benzene rings is 3. The zero-order valence-corrected chi connectivity index (χ0v) is 18.0. The Morgan fingerprint density at radius 2 is 1.20 bits per heavy atom. The summed E-state index contributed by atoms with van der Waals surface area (Å²) < 4.78 is 32.8. The van der Waals surface area contributed by atoms with E-state index in [1.165, 1.54) is 22.7 Å². The van der Waals surface area contributed by atoms with E-state index in [-0.39, 0.29) is 16.7 Å². The molecule has 0 aliphatic carbocycles. The average molecular weight is 454 g/mol. The fourth-order valence-electron chi connectivity index (χ4n) is 2.76. The second-order valence-electron chi connectivity index (χ2n) is 6.27. The van der Waals surface area contributed by atoms with Gasteiger partial charge in [-0.25, -0.2) is 14.5 Å². The van der Waals surface area contributed by atoms with Crippen LogP contribution in [-0.4, -0.2) is 16.3 Å². The first kappa shape index (κ1) is 19.1. The molecule has 0 radical (unpaired) electrons. The number of thiazole rings is 2. The van der Waals surface area contributed by atoms with Crippen LogP contribution in [0.25, 0.3) is 20.4 Å². The summed E-state index contributed by atoms with van der Waals surface area (Å²) in [4.78, 5) is 8.82. The van der Waals surface area contributed by atoms with Crippen molar-refractivity contribution < 1.29 is 18.3 Å². The van der Waals surface area contributed by atoms with Gasteiger partial charge in [-0.05, 0) is 36.4 Å². The summed E-state index contributed by atoms with van der Waals surface area (Å²) in [7, 11) is -3.77. The molecule has 0 N–H and O–H groups in total. The molecule has 0 amide bonds. The summed E-state index contributed by atoms with van der Waals surface area (Å²) in [6.45, 7) is 0. The lowest BCUT2D eigenvalue weighted by atomic mass is 10.3. The number of ether oxygens (including phenoxy) is 1. The second-order valence-corrected chi connectivity index (χ2v) is 10.1. The van der Waals surface area contributed by atoms with Crippen LogP contribution in [-0.2, 0) is 4.57 Å². The minimum absolute atomic E-state index is 0.261. The molecule has 0 saturated carbocycles. The second kappa shape index (κ2) is 8.07. The minimum Gasteiger partial charge on any atom is -0.479 e. The molecule has 9 heteroatoms. The van der Waals surface area contributed by atoms with Crippen LogP contribution in [0.4, 0.5) is 0 Å². The van der Waals surface area contributed by atoms with Gasteiger partial charge in [0.05, 0.1) is 20.4 Å². The van der Waals surface area contributed by atoms with E-state index in [2.05, 4.69) is 9.97 Å². The molecular weight excluding hydrogens is 439 g/mol. The molecule has 0 unspecified atom stereocenters. The molecule has 0 bridgehead atoms. The number of rotatable bonds is 7. The van der Waals surface area contributed by atoms with E-state index in [1.807, 2.05) is 66.7 Å². The van der Waals surface area contributed by atoms with Crippen molar-refractivity contribution in [1.29, 1.82) is 0 Å². The molecular formula is C21H15N2O4PS2. The van der Waals surface area contributed by atoms with E-state index in [0.717, 1.165) is 20.4 Å². The first-order valence-electron chi connectivity index (χ1n) is 9.04. The van der Waals surface area contributed by atoms with Crippen molar-refractivity contribution in [2.24, 2.45) is 0 Å². The summed E-state index contributed by atoms with van der Waals surface area (Å²) in [6, 6.07) is 24.3. The van der Waals surface area contributed by atoms with Gasteiger partial charge in [0.15, 0.2) is 0 Å². The molecule has 5 rings (SSSR count). The van der Waals surface area contributed by atoms with Gasteiger partial charge in [0.2, 0.25) is 6.35 Å². The van der Waals surface area contributed by atoms with E-state index >= 15 is 0 Å². The highest BCUT2D eigenvalue weighted by Crippen LogP contribution is 2.51. The van der Waals surface area contributed by atoms with Crippen LogP contribution in [0.3, 0.4) is 0 Å². The van der Waals surface area contributed by atoms with E-state index in [0.29, 0.717) is 5.75 Å².